The Morgan fingerprint density at radius 2 is 1.94 bits per heavy atom. The number of nitrogens with zero attached hydrogens (tertiary/aromatic N) is 4. The Hall–Kier alpha value is -1.91. The molecular weight excluding hydrogens is 457 g/mol. The van der Waals surface area contributed by atoms with Crippen LogP contribution < -0.4 is 15.8 Å². The van der Waals surface area contributed by atoms with E-state index in [-0.39, 0.29) is 23.8 Å². The lowest BCUT2D eigenvalue weighted by Gasteiger charge is -2.50. The molecule has 6 rings (SSSR count). The lowest BCUT2D eigenvalue weighted by molar-refractivity contribution is -0.178. The number of aromatic nitrogens is 1. The smallest absolute Gasteiger partial charge is 0.355 e. The summed E-state index contributed by atoms with van der Waals surface area (Å²) in [6.07, 6.45) is 3.38. The van der Waals surface area contributed by atoms with Gasteiger partial charge in [0.15, 0.2) is 0 Å². The van der Waals surface area contributed by atoms with Crippen molar-refractivity contribution in [2.75, 3.05) is 44.2 Å². The van der Waals surface area contributed by atoms with E-state index < -0.39 is 24.7 Å². The van der Waals surface area contributed by atoms with E-state index in [4.69, 9.17) is 4.98 Å². The van der Waals surface area contributed by atoms with Crippen molar-refractivity contribution in [3.63, 3.8) is 0 Å². The van der Waals surface area contributed by atoms with Gasteiger partial charge in [0.05, 0.1) is 5.92 Å². The minimum absolute atomic E-state index is 0.0247. The SMILES string of the molecule is O=C1C2CNNC2C2CCC(c3cccnc3N3CCCN(C4CC4)CC3)CC2N1CC(F)(F)F. The molecule has 3 saturated heterocycles. The Bertz CT molecular complexity index is 940. The van der Waals surface area contributed by atoms with Crippen molar-refractivity contribution in [1.29, 1.82) is 0 Å². The summed E-state index contributed by atoms with van der Waals surface area (Å²) < 4.78 is 40.6. The molecule has 5 atom stereocenters. The molecule has 0 bridgehead atoms. The average molecular weight is 493 g/mol. The third kappa shape index (κ3) is 4.64. The van der Waals surface area contributed by atoms with Gasteiger partial charge in [-0.05, 0) is 62.0 Å². The molecule has 192 valence electrons. The highest BCUT2D eigenvalue weighted by atomic mass is 19.4. The molecule has 4 heterocycles. The normalized spacial score (nSPS) is 34.5. The monoisotopic (exact) mass is 492 g/mol. The van der Waals surface area contributed by atoms with Gasteiger partial charge in [0.1, 0.15) is 12.4 Å². The third-order valence-electron chi connectivity index (χ3n) is 8.85. The molecular formula is C25H35F3N6O. The Morgan fingerprint density at radius 3 is 2.74 bits per heavy atom. The number of carbonyl (C=O) groups excluding carboxylic acids is 1. The number of amides is 1. The van der Waals surface area contributed by atoms with Gasteiger partial charge in [0.2, 0.25) is 5.91 Å². The molecule has 3 aliphatic heterocycles. The van der Waals surface area contributed by atoms with Crippen molar-refractivity contribution < 1.29 is 18.0 Å². The predicted molar refractivity (Wildman–Crippen MR) is 126 cm³/mol. The highest BCUT2D eigenvalue weighted by Crippen LogP contribution is 2.46. The van der Waals surface area contributed by atoms with Crippen LogP contribution >= 0.6 is 0 Å². The number of piperidine rings is 1. The zero-order valence-corrected chi connectivity index (χ0v) is 20.0. The van der Waals surface area contributed by atoms with Gasteiger partial charge in [-0.1, -0.05) is 6.07 Å². The number of nitrogens with one attached hydrogen (secondary N) is 2. The van der Waals surface area contributed by atoms with Crippen LogP contribution in [0.2, 0.25) is 0 Å². The van der Waals surface area contributed by atoms with Crippen LogP contribution in [-0.2, 0) is 4.79 Å². The van der Waals surface area contributed by atoms with Gasteiger partial charge < -0.3 is 9.80 Å². The Labute approximate surface area is 204 Å². The molecule has 1 amide bonds. The van der Waals surface area contributed by atoms with Crippen LogP contribution in [0.15, 0.2) is 18.3 Å². The fraction of sp³-hybridized carbons (Fsp3) is 0.760. The van der Waals surface area contributed by atoms with Gasteiger partial charge in [-0.25, -0.2) is 4.98 Å². The van der Waals surface area contributed by atoms with Crippen LogP contribution in [0.5, 0.6) is 0 Å². The number of anilines is 1. The number of likely N-dealkylation sites (tertiary alicyclic amines) is 1. The number of hydrogen-bond donors (Lipinski definition) is 2. The fourth-order valence-electron chi connectivity index (χ4n) is 7.10. The summed E-state index contributed by atoms with van der Waals surface area (Å²) >= 11 is 0. The second kappa shape index (κ2) is 9.19. The van der Waals surface area contributed by atoms with Gasteiger partial charge in [-0.2, -0.15) is 13.2 Å². The van der Waals surface area contributed by atoms with Crippen molar-refractivity contribution in [3.05, 3.63) is 23.9 Å². The first-order valence-corrected chi connectivity index (χ1v) is 13.2. The summed E-state index contributed by atoms with van der Waals surface area (Å²) in [6, 6.07) is 4.29. The Kier molecular flexibility index (Phi) is 6.17. The van der Waals surface area contributed by atoms with Crippen LogP contribution in [-0.4, -0.2) is 84.3 Å². The maximum absolute atomic E-state index is 13.5. The molecule has 2 N–H and O–H groups in total. The quantitative estimate of drug-likeness (QED) is 0.674. The highest BCUT2D eigenvalue weighted by molar-refractivity contribution is 5.82. The van der Waals surface area contributed by atoms with E-state index in [1.807, 2.05) is 12.3 Å². The summed E-state index contributed by atoms with van der Waals surface area (Å²) in [5, 5.41) is 0. The van der Waals surface area contributed by atoms with Crippen LogP contribution in [0, 0.1) is 11.8 Å². The molecule has 1 aromatic rings. The van der Waals surface area contributed by atoms with E-state index in [9.17, 15) is 18.0 Å². The van der Waals surface area contributed by atoms with E-state index in [1.54, 1.807) is 0 Å². The number of alkyl halides is 3. The standard InChI is InChI=1S/C25H35F3N6O/c26-25(27,28)15-34-21-13-16(4-7-19(21)22-20(24(34)35)14-30-31-22)18-3-1-8-29-23(18)33-10-2-9-32(11-12-33)17-5-6-17/h1,3,8,16-17,19-22,30-31H,2,4-7,9-15H2. The van der Waals surface area contributed by atoms with Crippen molar-refractivity contribution in [2.45, 2.75) is 68.7 Å². The molecule has 0 aromatic carbocycles. The van der Waals surface area contributed by atoms with Crippen molar-refractivity contribution in [2.24, 2.45) is 11.8 Å². The van der Waals surface area contributed by atoms with E-state index in [0.29, 0.717) is 13.0 Å². The molecule has 2 aliphatic carbocycles. The van der Waals surface area contributed by atoms with Crippen LogP contribution in [0.4, 0.5) is 19.0 Å². The van der Waals surface area contributed by atoms with Gasteiger partial charge in [0.25, 0.3) is 0 Å². The molecule has 1 aromatic heterocycles. The minimum atomic E-state index is -4.40. The number of rotatable bonds is 4. The molecule has 7 nitrogen and oxygen atoms in total. The minimum Gasteiger partial charge on any atom is -0.355 e. The summed E-state index contributed by atoms with van der Waals surface area (Å²) in [5.41, 5.74) is 7.37. The first-order chi connectivity index (χ1) is 16.9. The summed E-state index contributed by atoms with van der Waals surface area (Å²) in [7, 11) is 0. The van der Waals surface area contributed by atoms with E-state index in [0.717, 1.165) is 67.8 Å². The van der Waals surface area contributed by atoms with E-state index in [2.05, 4.69) is 26.7 Å². The van der Waals surface area contributed by atoms with Crippen LogP contribution in [0.1, 0.15) is 50.0 Å². The van der Waals surface area contributed by atoms with Crippen molar-refractivity contribution in [1.82, 2.24) is 25.6 Å². The lowest BCUT2D eigenvalue weighted by atomic mass is 9.67. The molecule has 0 radical (unpaired) electrons. The Morgan fingerprint density at radius 1 is 1.09 bits per heavy atom. The van der Waals surface area contributed by atoms with Crippen molar-refractivity contribution >= 4 is 11.7 Å². The third-order valence-corrected chi connectivity index (χ3v) is 8.85. The summed E-state index contributed by atoms with van der Waals surface area (Å²) in [5.74, 6) is 0.312. The fourth-order valence-corrected chi connectivity index (χ4v) is 7.10. The van der Waals surface area contributed by atoms with Crippen LogP contribution in [0.3, 0.4) is 0 Å². The van der Waals surface area contributed by atoms with E-state index >= 15 is 0 Å². The molecule has 35 heavy (non-hydrogen) atoms. The maximum atomic E-state index is 13.5. The number of hydrazine groups is 1. The zero-order chi connectivity index (χ0) is 24.2. The number of carbonyl (C=O) groups is 1. The average Bonchev–Trinajstić information content (AvgIpc) is 3.61. The number of halogens is 3. The summed E-state index contributed by atoms with van der Waals surface area (Å²) in [6.45, 7) is 3.26. The second-order valence-corrected chi connectivity index (χ2v) is 11.0. The molecule has 5 unspecified atom stereocenters. The zero-order valence-electron chi connectivity index (χ0n) is 20.0. The summed E-state index contributed by atoms with van der Waals surface area (Å²) in [4.78, 5) is 24.1. The molecule has 0 spiro atoms. The highest BCUT2D eigenvalue weighted by Gasteiger charge is 2.54. The van der Waals surface area contributed by atoms with Crippen molar-refractivity contribution in [3.8, 4) is 0 Å². The molecule has 2 saturated carbocycles. The molecule has 10 heteroatoms. The largest absolute Gasteiger partial charge is 0.406 e. The Balaban J connectivity index is 1.24. The first kappa shape index (κ1) is 23.5. The lowest BCUT2D eigenvalue weighted by Crippen LogP contribution is -2.63. The number of fused-ring (bicyclic) bond motifs is 3. The van der Waals surface area contributed by atoms with Gasteiger partial charge in [-0.15, -0.1) is 0 Å². The first-order valence-electron chi connectivity index (χ1n) is 13.2. The second-order valence-electron chi connectivity index (χ2n) is 11.0. The van der Waals surface area contributed by atoms with E-state index in [1.165, 1.54) is 12.8 Å². The predicted octanol–water partition coefficient (Wildman–Crippen LogP) is 2.51. The van der Waals surface area contributed by atoms with Gasteiger partial charge >= 0.3 is 6.18 Å². The number of pyridine rings is 1. The molecule has 5 aliphatic rings. The van der Waals surface area contributed by atoms with Gasteiger partial charge in [0, 0.05) is 57.0 Å². The van der Waals surface area contributed by atoms with Crippen LogP contribution in [0.25, 0.3) is 0 Å². The van der Waals surface area contributed by atoms with Gasteiger partial charge in [-0.3, -0.25) is 20.5 Å². The molecule has 5 fully saturated rings. The number of hydrogen-bond acceptors (Lipinski definition) is 6. The maximum Gasteiger partial charge on any atom is 0.406 e. The topological polar surface area (TPSA) is 63.7 Å².